The van der Waals surface area contributed by atoms with E-state index in [9.17, 15) is 4.79 Å². The number of esters is 1. The summed E-state index contributed by atoms with van der Waals surface area (Å²) in [5.74, 6) is -0.242. The minimum atomic E-state index is -0.242. The summed E-state index contributed by atoms with van der Waals surface area (Å²) < 4.78 is 6.90. The molecule has 0 atom stereocenters. The summed E-state index contributed by atoms with van der Waals surface area (Å²) in [5.41, 5.74) is 1.66. The van der Waals surface area contributed by atoms with E-state index in [2.05, 4.69) is 5.32 Å². The molecule has 0 unspecified atom stereocenters. The molecule has 0 aliphatic carbocycles. The first kappa shape index (κ1) is 14.8. The molecule has 2 rings (SSSR count). The van der Waals surface area contributed by atoms with Crippen molar-refractivity contribution in [3.63, 3.8) is 0 Å². The number of benzene rings is 1. The highest BCUT2D eigenvalue weighted by Crippen LogP contribution is 2.27. The first-order valence-corrected chi connectivity index (χ1v) is 7.50. The molecule has 0 aliphatic heterocycles. The van der Waals surface area contributed by atoms with Crippen LogP contribution in [-0.2, 0) is 23.0 Å². The van der Waals surface area contributed by atoms with Crippen LogP contribution in [0.15, 0.2) is 29.8 Å². The topological polar surface area (TPSA) is 42.2 Å². The molecule has 0 aliphatic rings. The van der Waals surface area contributed by atoms with Crippen LogP contribution < -0.4 is 9.88 Å². The van der Waals surface area contributed by atoms with Crippen molar-refractivity contribution in [1.82, 2.24) is 0 Å². The third kappa shape index (κ3) is 3.71. The Hall–Kier alpha value is -1.59. The summed E-state index contributed by atoms with van der Waals surface area (Å²) in [6.45, 7) is 2.18. The van der Waals surface area contributed by atoms with Crippen LogP contribution in [0.3, 0.4) is 0 Å². The number of rotatable bonds is 5. The molecule has 0 saturated heterocycles. The molecule has 1 aromatic heterocycles. The average molecular weight is 312 g/mol. The minimum absolute atomic E-state index is 0.237. The minimum Gasteiger partial charge on any atom is -0.466 e. The van der Waals surface area contributed by atoms with Crippen LogP contribution in [-0.4, -0.2) is 12.6 Å². The van der Waals surface area contributed by atoms with E-state index in [4.69, 9.17) is 16.3 Å². The number of hydrogen-bond donors (Lipinski definition) is 1. The number of aromatic nitrogens is 1. The molecular weight excluding hydrogens is 296 g/mol. The summed E-state index contributed by atoms with van der Waals surface area (Å²) in [6, 6.07) is 5.53. The van der Waals surface area contributed by atoms with E-state index >= 15 is 0 Å². The number of carbonyl (C=O) groups excluding carboxylic acids is 1. The number of carbonyl (C=O) groups is 1. The van der Waals surface area contributed by atoms with Crippen LogP contribution >= 0.6 is 22.9 Å². The van der Waals surface area contributed by atoms with Gasteiger partial charge in [-0.25, -0.2) is 9.88 Å². The lowest BCUT2D eigenvalue weighted by Gasteiger charge is -2.05. The Morgan fingerprint density at radius 3 is 2.90 bits per heavy atom. The van der Waals surface area contributed by atoms with Gasteiger partial charge in [-0.1, -0.05) is 29.0 Å². The maximum absolute atomic E-state index is 11.4. The quantitative estimate of drug-likeness (QED) is 0.681. The summed E-state index contributed by atoms with van der Waals surface area (Å²) >= 11 is 7.83. The molecule has 1 N–H and O–H groups in total. The molecule has 0 amide bonds. The van der Waals surface area contributed by atoms with Gasteiger partial charge in [-0.15, -0.1) is 0 Å². The van der Waals surface area contributed by atoms with Gasteiger partial charge in [0.25, 0.3) is 0 Å². The van der Waals surface area contributed by atoms with Gasteiger partial charge in [0.2, 0.25) is 0 Å². The molecule has 2 aromatic rings. The fraction of sp³-hybridized carbons (Fsp3) is 0.286. The van der Waals surface area contributed by atoms with Gasteiger partial charge in [-0.3, -0.25) is 4.79 Å². The summed E-state index contributed by atoms with van der Waals surface area (Å²) in [7, 11) is 1.96. The van der Waals surface area contributed by atoms with Crippen molar-refractivity contribution in [2.75, 3.05) is 11.9 Å². The van der Waals surface area contributed by atoms with Crippen LogP contribution in [0.1, 0.15) is 12.5 Å². The van der Waals surface area contributed by atoms with Crippen molar-refractivity contribution in [2.45, 2.75) is 13.3 Å². The first-order valence-electron chi connectivity index (χ1n) is 6.24. The predicted octanol–water partition coefficient (Wildman–Crippen LogP) is 3.08. The van der Waals surface area contributed by atoms with E-state index in [0.29, 0.717) is 11.6 Å². The lowest BCUT2D eigenvalue weighted by atomic mass is 10.1. The van der Waals surface area contributed by atoms with E-state index in [1.807, 2.05) is 35.3 Å². The van der Waals surface area contributed by atoms with Gasteiger partial charge in [-0.05, 0) is 24.6 Å². The van der Waals surface area contributed by atoms with Crippen LogP contribution in [0.5, 0.6) is 0 Å². The van der Waals surface area contributed by atoms with Crippen molar-refractivity contribution in [2.24, 2.45) is 7.05 Å². The van der Waals surface area contributed by atoms with Gasteiger partial charge in [0.15, 0.2) is 0 Å². The van der Waals surface area contributed by atoms with Crippen molar-refractivity contribution >= 4 is 39.7 Å². The first-order chi connectivity index (χ1) is 9.60. The van der Waals surface area contributed by atoms with Crippen LogP contribution in [0.2, 0.25) is 5.02 Å². The van der Waals surface area contributed by atoms with Crippen LogP contribution in [0, 0.1) is 0 Å². The summed E-state index contributed by atoms with van der Waals surface area (Å²) in [6.07, 6.45) is 2.21. The number of nitrogens with zero attached hydrogens (tertiary/aromatic N) is 1. The highest BCUT2D eigenvalue weighted by molar-refractivity contribution is 7.13. The summed E-state index contributed by atoms with van der Waals surface area (Å²) in [4.78, 5) is 11.4. The second-order valence-corrected chi connectivity index (χ2v) is 5.54. The SMILES string of the molecule is CCOC(=O)Cc1ccc(Nc2scc[n+]2C)c(Cl)c1. The van der Waals surface area contributed by atoms with E-state index in [1.54, 1.807) is 24.3 Å². The van der Waals surface area contributed by atoms with Crippen molar-refractivity contribution in [1.29, 1.82) is 0 Å². The Morgan fingerprint density at radius 1 is 1.50 bits per heavy atom. The van der Waals surface area contributed by atoms with E-state index < -0.39 is 0 Å². The Bertz CT molecular complexity index is 613. The fourth-order valence-electron chi connectivity index (χ4n) is 1.72. The lowest BCUT2D eigenvalue weighted by molar-refractivity contribution is -0.652. The normalized spacial score (nSPS) is 10.3. The van der Waals surface area contributed by atoms with Gasteiger partial charge in [0.1, 0.15) is 11.9 Å². The number of halogens is 1. The Labute approximate surface area is 127 Å². The molecule has 1 aromatic carbocycles. The standard InChI is InChI=1S/C14H15ClN2O2S/c1-3-19-13(18)9-10-4-5-12(11(15)8-10)16-14-17(2)6-7-20-14/h4-8H,3,9H2,1-2H3/p+1. The smallest absolute Gasteiger partial charge is 0.338 e. The maximum atomic E-state index is 11.4. The van der Waals surface area contributed by atoms with Gasteiger partial charge >= 0.3 is 11.1 Å². The van der Waals surface area contributed by atoms with Gasteiger partial charge in [0, 0.05) is 5.38 Å². The molecule has 0 fully saturated rings. The molecule has 20 heavy (non-hydrogen) atoms. The van der Waals surface area contributed by atoms with Crippen molar-refractivity contribution in [3.8, 4) is 0 Å². The van der Waals surface area contributed by atoms with Crippen molar-refractivity contribution in [3.05, 3.63) is 40.4 Å². The highest BCUT2D eigenvalue weighted by Gasteiger charge is 2.13. The van der Waals surface area contributed by atoms with Gasteiger partial charge in [-0.2, -0.15) is 0 Å². The van der Waals surface area contributed by atoms with E-state index in [0.717, 1.165) is 16.4 Å². The number of aryl methyl sites for hydroxylation is 1. The van der Waals surface area contributed by atoms with Crippen LogP contribution in [0.25, 0.3) is 0 Å². The lowest BCUT2D eigenvalue weighted by Crippen LogP contribution is -2.27. The molecule has 106 valence electrons. The molecule has 0 saturated carbocycles. The molecule has 0 bridgehead atoms. The summed E-state index contributed by atoms with van der Waals surface area (Å²) in [5, 5.41) is 6.83. The average Bonchev–Trinajstić information content (AvgIpc) is 2.79. The van der Waals surface area contributed by atoms with Crippen LogP contribution in [0.4, 0.5) is 10.8 Å². The number of hydrogen-bond acceptors (Lipinski definition) is 4. The van der Waals surface area contributed by atoms with Gasteiger partial charge < -0.3 is 4.74 Å². The molecule has 4 nitrogen and oxygen atoms in total. The maximum Gasteiger partial charge on any atom is 0.338 e. The molecule has 0 spiro atoms. The van der Waals surface area contributed by atoms with E-state index in [1.165, 1.54) is 0 Å². The van der Waals surface area contributed by atoms with Gasteiger partial charge in [0.05, 0.1) is 25.1 Å². The largest absolute Gasteiger partial charge is 0.466 e. The van der Waals surface area contributed by atoms with Crippen molar-refractivity contribution < 1.29 is 14.1 Å². The number of ether oxygens (including phenoxy) is 1. The second kappa shape index (κ2) is 6.72. The Morgan fingerprint density at radius 2 is 2.30 bits per heavy atom. The zero-order valence-corrected chi connectivity index (χ0v) is 12.9. The zero-order chi connectivity index (χ0) is 14.5. The third-order valence-corrected chi connectivity index (χ3v) is 3.90. The Kier molecular flexibility index (Phi) is 4.98. The molecule has 6 heteroatoms. The molecular formula is C14H16ClN2O2S+. The highest BCUT2D eigenvalue weighted by atomic mass is 35.5. The second-order valence-electron chi connectivity index (χ2n) is 4.24. The fourth-order valence-corrected chi connectivity index (χ4v) is 2.74. The number of anilines is 2. The number of thiazole rings is 1. The third-order valence-electron chi connectivity index (χ3n) is 2.71. The molecule has 1 heterocycles. The zero-order valence-electron chi connectivity index (χ0n) is 11.4. The number of nitrogens with one attached hydrogen (secondary N) is 1. The predicted molar refractivity (Wildman–Crippen MR) is 80.6 cm³/mol. The monoisotopic (exact) mass is 311 g/mol. The molecule has 0 radical (unpaired) electrons. The Balaban J connectivity index is 2.10. The van der Waals surface area contributed by atoms with E-state index in [-0.39, 0.29) is 12.4 Å².